The minimum atomic E-state index is -0.585. The van der Waals surface area contributed by atoms with Gasteiger partial charge in [0.1, 0.15) is 0 Å². The first-order valence-electron chi connectivity index (χ1n) is 6.60. The highest BCUT2D eigenvalue weighted by Gasteiger charge is 2.39. The van der Waals surface area contributed by atoms with Gasteiger partial charge >= 0.3 is 0 Å². The van der Waals surface area contributed by atoms with E-state index in [1.54, 1.807) is 12.1 Å². The van der Waals surface area contributed by atoms with Crippen molar-refractivity contribution in [2.75, 3.05) is 18.4 Å². The van der Waals surface area contributed by atoms with Crippen LogP contribution in [0, 0.1) is 5.41 Å². The van der Waals surface area contributed by atoms with Crippen molar-refractivity contribution < 1.29 is 9.59 Å². The van der Waals surface area contributed by atoms with Gasteiger partial charge in [-0.2, -0.15) is 0 Å². The van der Waals surface area contributed by atoms with E-state index in [4.69, 9.17) is 17.3 Å². The number of carbonyl (C=O) groups is 2. The SMILES string of the molecule is CCC1(C(=O)Nc2ccc(C(N)=O)c(Cl)c2)CCNC1. The second kappa shape index (κ2) is 5.81. The molecule has 1 aromatic rings. The number of nitrogens with one attached hydrogen (secondary N) is 2. The molecule has 1 atom stereocenters. The molecule has 2 amide bonds. The Labute approximate surface area is 122 Å². The van der Waals surface area contributed by atoms with Gasteiger partial charge in [0.2, 0.25) is 11.8 Å². The molecular formula is C14H18ClN3O2. The Bertz CT molecular complexity index is 539. The van der Waals surface area contributed by atoms with Gasteiger partial charge in [0.15, 0.2) is 0 Å². The maximum atomic E-state index is 12.4. The van der Waals surface area contributed by atoms with Crippen LogP contribution in [-0.4, -0.2) is 24.9 Å². The van der Waals surface area contributed by atoms with Crippen molar-refractivity contribution >= 4 is 29.1 Å². The molecule has 5 nitrogen and oxygen atoms in total. The van der Waals surface area contributed by atoms with Crippen LogP contribution in [0.4, 0.5) is 5.69 Å². The number of benzene rings is 1. The van der Waals surface area contributed by atoms with Crippen molar-refractivity contribution in [3.63, 3.8) is 0 Å². The van der Waals surface area contributed by atoms with Gasteiger partial charge in [-0.15, -0.1) is 0 Å². The molecule has 1 aliphatic heterocycles. The number of rotatable bonds is 4. The number of primary amides is 1. The molecule has 0 saturated carbocycles. The zero-order valence-electron chi connectivity index (χ0n) is 11.3. The topological polar surface area (TPSA) is 84.2 Å². The van der Waals surface area contributed by atoms with E-state index >= 15 is 0 Å². The van der Waals surface area contributed by atoms with E-state index in [9.17, 15) is 9.59 Å². The summed E-state index contributed by atoms with van der Waals surface area (Å²) in [5.74, 6) is -0.606. The third-order valence-electron chi connectivity index (χ3n) is 3.89. The van der Waals surface area contributed by atoms with E-state index in [2.05, 4.69) is 10.6 Å². The molecule has 1 fully saturated rings. The molecule has 1 saturated heterocycles. The van der Waals surface area contributed by atoms with Gasteiger partial charge in [-0.3, -0.25) is 9.59 Å². The Hall–Kier alpha value is -1.59. The van der Waals surface area contributed by atoms with Crippen molar-refractivity contribution in [2.45, 2.75) is 19.8 Å². The number of halogens is 1. The van der Waals surface area contributed by atoms with Gasteiger partial charge in [0.05, 0.1) is 16.0 Å². The highest BCUT2D eigenvalue weighted by atomic mass is 35.5. The fraction of sp³-hybridized carbons (Fsp3) is 0.429. The van der Waals surface area contributed by atoms with Crippen LogP contribution < -0.4 is 16.4 Å². The molecule has 0 bridgehead atoms. The van der Waals surface area contributed by atoms with Gasteiger partial charge in [0, 0.05) is 12.2 Å². The highest BCUT2D eigenvalue weighted by molar-refractivity contribution is 6.34. The van der Waals surface area contributed by atoms with Crippen molar-refractivity contribution in [3.05, 3.63) is 28.8 Å². The third kappa shape index (κ3) is 2.78. The van der Waals surface area contributed by atoms with Gasteiger partial charge in [-0.1, -0.05) is 18.5 Å². The van der Waals surface area contributed by atoms with Gasteiger partial charge in [-0.05, 0) is 37.6 Å². The summed E-state index contributed by atoms with van der Waals surface area (Å²) < 4.78 is 0. The zero-order valence-corrected chi connectivity index (χ0v) is 12.1. The Balaban J connectivity index is 2.16. The molecule has 4 N–H and O–H groups in total. The lowest BCUT2D eigenvalue weighted by Crippen LogP contribution is -2.37. The van der Waals surface area contributed by atoms with Crippen LogP contribution in [0.3, 0.4) is 0 Å². The number of amides is 2. The summed E-state index contributed by atoms with van der Waals surface area (Å²) in [7, 11) is 0. The minimum Gasteiger partial charge on any atom is -0.366 e. The summed E-state index contributed by atoms with van der Waals surface area (Å²) in [5.41, 5.74) is 5.64. The maximum absolute atomic E-state index is 12.4. The van der Waals surface area contributed by atoms with Crippen LogP contribution in [0.25, 0.3) is 0 Å². The van der Waals surface area contributed by atoms with Gasteiger partial charge in [0.25, 0.3) is 0 Å². The first-order chi connectivity index (χ1) is 9.48. The Kier molecular flexibility index (Phi) is 4.30. The van der Waals surface area contributed by atoms with E-state index in [-0.39, 0.29) is 21.9 Å². The number of carbonyl (C=O) groups excluding carboxylic acids is 2. The van der Waals surface area contributed by atoms with E-state index in [1.807, 2.05) is 6.92 Å². The second-order valence-electron chi connectivity index (χ2n) is 5.07. The molecule has 108 valence electrons. The lowest BCUT2D eigenvalue weighted by Gasteiger charge is -2.25. The van der Waals surface area contributed by atoms with Crippen LogP contribution in [0.1, 0.15) is 30.1 Å². The lowest BCUT2D eigenvalue weighted by atomic mass is 9.83. The van der Waals surface area contributed by atoms with Crippen LogP contribution in [-0.2, 0) is 4.79 Å². The first-order valence-corrected chi connectivity index (χ1v) is 6.98. The van der Waals surface area contributed by atoms with Crippen molar-refractivity contribution in [1.82, 2.24) is 5.32 Å². The molecule has 1 unspecified atom stereocenters. The molecule has 2 rings (SSSR count). The van der Waals surface area contributed by atoms with E-state index in [0.717, 1.165) is 19.4 Å². The Morgan fingerprint density at radius 1 is 1.50 bits per heavy atom. The zero-order chi connectivity index (χ0) is 14.8. The quantitative estimate of drug-likeness (QED) is 0.791. The average molecular weight is 296 g/mol. The predicted octanol–water partition coefficient (Wildman–Crippen LogP) is 1.77. The second-order valence-corrected chi connectivity index (χ2v) is 5.48. The van der Waals surface area contributed by atoms with Crippen LogP contribution in [0.15, 0.2) is 18.2 Å². The van der Waals surface area contributed by atoms with Crippen LogP contribution in [0.2, 0.25) is 5.02 Å². The van der Waals surface area contributed by atoms with Crippen molar-refractivity contribution in [1.29, 1.82) is 0 Å². The van der Waals surface area contributed by atoms with Crippen LogP contribution in [0.5, 0.6) is 0 Å². The lowest BCUT2D eigenvalue weighted by molar-refractivity contribution is -0.124. The number of anilines is 1. The molecule has 0 aromatic heterocycles. The molecular weight excluding hydrogens is 278 g/mol. The molecule has 0 spiro atoms. The molecule has 6 heteroatoms. The predicted molar refractivity (Wildman–Crippen MR) is 78.8 cm³/mol. The summed E-state index contributed by atoms with van der Waals surface area (Å²) in [4.78, 5) is 23.5. The van der Waals surface area contributed by atoms with Gasteiger partial charge < -0.3 is 16.4 Å². The minimum absolute atomic E-state index is 0.0205. The Morgan fingerprint density at radius 3 is 2.75 bits per heavy atom. The third-order valence-corrected chi connectivity index (χ3v) is 4.21. The molecule has 0 aliphatic carbocycles. The summed E-state index contributed by atoms with van der Waals surface area (Å²) in [5, 5.41) is 6.33. The highest BCUT2D eigenvalue weighted by Crippen LogP contribution is 2.31. The largest absolute Gasteiger partial charge is 0.366 e. The van der Waals surface area contributed by atoms with Crippen molar-refractivity contribution in [2.24, 2.45) is 11.1 Å². The van der Waals surface area contributed by atoms with E-state index < -0.39 is 5.91 Å². The standard InChI is InChI=1S/C14H18ClN3O2/c1-2-14(5-6-17-8-14)13(20)18-9-3-4-10(12(16)19)11(15)7-9/h3-4,7,17H,2,5-6,8H2,1H3,(H2,16,19)(H,18,20). The number of hydrogen-bond acceptors (Lipinski definition) is 3. The average Bonchev–Trinajstić information content (AvgIpc) is 2.88. The van der Waals surface area contributed by atoms with E-state index in [1.165, 1.54) is 6.07 Å². The molecule has 1 aliphatic rings. The smallest absolute Gasteiger partial charge is 0.250 e. The maximum Gasteiger partial charge on any atom is 0.250 e. The number of hydrogen-bond donors (Lipinski definition) is 3. The Morgan fingerprint density at radius 2 is 2.25 bits per heavy atom. The summed E-state index contributed by atoms with van der Waals surface area (Å²) in [6, 6.07) is 4.70. The molecule has 20 heavy (non-hydrogen) atoms. The van der Waals surface area contributed by atoms with Gasteiger partial charge in [-0.25, -0.2) is 0 Å². The molecule has 0 radical (unpaired) electrons. The summed E-state index contributed by atoms with van der Waals surface area (Å²) >= 11 is 5.97. The summed E-state index contributed by atoms with van der Waals surface area (Å²) in [6.07, 6.45) is 1.60. The molecule has 1 heterocycles. The number of nitrogens with two attached hydrogens (primary N) is 1. The molecule has 1 aromatic carbocycles. The van der Waals surface area contributed by atoms with E-state index in [0.29, 0.717) is 12.2 Å². The van der Waals surface area contributed by atoms with Crippen LogP contribution >= 0.6 is 11.6 Å². The normalized spacial score (nSPS) is 21.7. The first kappa shape index (κ1) is 14.8. The monoisotopic (exact) mass is 295 g/mol. The fourth-order valence-corrected chi connectivity index (χ4v) is 2.73. The summed E-state index contributed by atoms with van der Waals surface area (Å²) in [6.45, 7) is 3.54. The fourth-order valence-electron chi connectivity index (χ4n) is 2.46. The van der Waals surface area contributed by atoms with Crippen molar-refractivity contribution in [3.8, 4) is 0 Å².